The van der Waals surface area contributed by atoms with E-state index in [-0.39, 0.29) is 5.78 Å². The molecule has 4 heteroatoms. The molecular weight excluding hydrogens is 242 g/mol. The van der Waals surface area contributed by atoms with Gasteiger partial charge in [0, 0.05) is 32.9 Å². The maximum Gasteiger partial charge on any atom is 0.176 e. The van der Waals surface area contributed by atoms with Gasteiger partial charge in [0.25, 0.3) is 0 Å². The first-order valence-corrected chi connectivity index (χ1v) is 6.47. The van der Waals surface area contributed by atoms with Crippen molar-refractivity contribution in [2.45, 2.75) is 6.92 Å². The zero-order valence-corrected chi connectivity index (χ0v) is 12.0. The number of benzene rings is 1. The van der Waals surface area contributed by atoms with Crippen molar-refractivity contribution in [1.29, 1.82) is 0 Å². The predicted octanol–water partition coefficient (Wildman–Crippen LogP) is 1.77. The van der Waals surface area contributed by atoms with Crippen LogP contribution >= 0.6 is 0 Å². The molecule has 0 radical (unpaired) electrons. The van der Waals surface area contributed by atoms with E-state index in [1.54, 1.807) is 14.2 Å². The van der Waals surface area contributed by atoms with E-state index < -0.39 is 0 Å². The number of methoxy groups -OCH3 is 2. The maximum atomic E-state index is 12.2. The van der Waals surface area contributed by atoms with Gasteiger partial charge in [0.05, 0.1) is 19.8 Å². The summed E-state index contributed by atoms with van der Waals surface area (Å²) in [5.74, 6) is 0.135. The summed E-state index contributed by atoms with van der Waals surface area (Å²) in [6.45, 7) is 5.09. The van der Waals surface area contributed by atoms with E-state index >= 15 is 0 Å². The lowest BCUT2D eigenvalue weighted by molar-refractivity contribution is 0.0837. The normalized spacial score (nSPS) is 10.9. The van der Waals surface area contributed by atoms with Gasteiger partial charge in [-0.15, -0.1) is 0 Å². The molecule has 0 heterocycles. The molecule has 0 atom stereocenters. The summed E-state index contributed by atoms with van der Waals surface area (Å²) < 4.78 is 10.1. The second-order valence-corrected chi connectivity index (χ2v) is 4.55. The van der Waals surface area contributed by atoms with Crippen LogP contribution in [-0.2, 0) is 9.47 Å². The highest BCUT2D eigenvalue weighted by molar-refractivity contribution is 5.97. The molecule has 4 nitrogen and oxygen atoms in total. The van der Waals surface area contributed by atoms with E-state index in [2.05, 4.69) is 4.90 Å². The third-order valence-corrected chi connectivity index (χ3v) is 2.93. The molecular formula is C15H23NO3. The molecule has 1 aromatic carbocycles. The molecule has 106 valence electrons. The number of carbonyl (C=O) groups is 1. The van der Waals surface area contributed by atoms with Crippen LogP contribution in [0.4, 0.5) is 0 Å². The van der Waals surface area contributed by atoms with Gasteiger partial charge in [0.2, 0.25) is 0 Å². The van der Waals surface area contributed by atoms with E-state index in [9.17, 15) is 4.79 Å². The summed E-state index contributed by atoms with van der Waals surface area (Å²) in [7, 11) is 3.33. The first-order chi connectivity index (χ1) is 9.17. The topological polar surface area (TPSA) is 38.8 Å². The van der Waals surface area contributed by atoms with Crippen LogP contribution in [0, 0.1) is 6.92 Å². The highest BCUT2D eigenvalue weighted by Crippen LogP contribution is 2.06. The summed E-state index contributed by atoms with van der Waals surface area (Å²) in [6.07, 6.45) is 0. The smallest absolute Gasteiger partial charge is 0.176 e. The maximum absolute atomic E-state index is 12.2. The quantitative estimate of drug-likeness (QED) is 0.638. The first kappa shape index (κ1) is 15.8. The van der Waals surface area contributed by atoms with Crippen molar-refractivity contribution in [2.24, 2.45) is 0 Å². The molecule has 0 saturated heterocycles. The summed E-state index contributed by atoms with van der Waals surface area (Å²) in [5, 5.41) is 0. The SMILES string of the molecule is COCCN(CCOC)CC(=O)c1cccc(C)c1. The van der Waals surface area contributed by atoms with Crippen molar-refractivity contribution in [3.05, 3.63) is 35.4 Å². The second-order valence-electron chi connectivity index (χ2n) is 4.55. The third-order valence-electron chi connectivity index (χ3n) is 2.93. The van der Waals surface area contributed by atoms with E-state index in [4.69, 9.17) is 9.47 Å². The van der Waals surface area contributed by atoms with Gasteiger partial charge in [-0.1, -0.05) is 23.8 Å². The van der Waals surface area contributed by atoms with E-state index in [1.165, 1.54) is 0 Å². The number of nitrogens with zero attached hydrogens (tertiary/aromatic N) is 1. The average molecular weight is 265 g/mol. The molecule has 0 aliphatic carbocycles. The van der Waals surface area contributed by atoms with Crippen LogP contribution in [-0.4, -0.2) is 57.8 Å². The molecule has 0 saturated carbocycles. The Balaban J connectivity index is 2.58. The monoisotopic (exact) mass is 265 g/mol. The van der Waals surface area contributed by atoms with Crippen LogP contribution in [0.15, 0.2) is 24.3 Å². The highest BCUT2D eigenvalue weighted by atomic mass is 16.5. The van der Waals surface area contributed by atoms with E-state index in [0.717, 1.165) is 24.2 Å². The largest absolute Gasteiger partial charge is 0.383 e. The summed E-state index contributed by atoms with van der Waals surface area (Å²) in [5.41, 5.74) is 1.87. The molecule has 0 aromatic heterocycles. The minimum absolute atomic E-state index is 0.135. The van der Waals surface area contributed by atoms with Crippen molar-refractivity contribution in [3.8, 4) is 0 Å². The zero-order chi connectivity index (χ0) is 14.1. The number of hydrogen-bond acceptors (Lipinski definition) is 4. The fourth-order valence-electron chi connectivity index (χ4n) is 1.82. The van der Waals surface area contributed by atoms with Crippen LogP contribution in [0.2, 0.25) is 0 Å². The Hall–Kier alpha value is -1.23. The summed E-state index contributed by atoms with van der Waals surface area (Å²) >= 11 is 0. The van der Waals surface area contributed by atoms with E-state index in [1.807, 2.05) is 31.2 Å². The van der Waals surface area contributed by atoms with Crippen molar-refractivity contribution >= 4 is 5.78 Å². The highest BCUT2D eigenvalue weighted by Gasteiger charge is 2.12. The fraction of sp³-hybridized carbons (Fsp3) is 0.533. The van der Waals surface area contributed by atoms with Crippen molar-refractivity contribution in [3.63, 3.8) is 0 Å². The number of aryl methyl sites for hydroxylation is 1. The van der Waals surface area contributed by atoms with Crippen LogP contribution in [0.5, 0.6) is 0 Å². The lowest BCUT2D eigenvalue weighted by Gasteiger charge is -2.20. The molecule has 1 rings (SSSR count). The minimum atomic E-state index is 0.135. The molecule has 0 bridgehead atoms. The van der Waals surface area contributed by atoms with Gasteiger partial charge in [-0.25, -0.2) is 0 Å². The van der Waals surface area contributed by atoms with E-state index in [0.29, 0.717) is 19.8 Å². The zero-order valence-electron chi connectivity index (χ0n) is 12.0. The molecule has 0 amide bonds. The average Bonchev–Trinajstić information content (AvgIpc) is 2.41. The number of ketones is 1. The van der Waals surface area contributed by atoms with Gasteiger partial charge < -0.3 is 9.47 Å². The Bertz CT molecular complexity index is 385. The lowest BCUT2D eigenvalue weighted by atomic mass is 10.1. The Labute approximate surface area is 115 Å². The van der Waals surface area contributed by atoms with Crippen molar-refractivity contribution < 1.29 is 14.3 Å². The lowest BCUT2D eigenvalue weighted by Crippen LogP contribution is -2.35. The predicted molar refractivity (Wildman–Crippen MR) is 75.7 cm³/mol. The summed E-state index contributed by atoms with van der Waals surface area (Å²) in [6, 6.07) is 7.69. The van der Waals surface area contributed by atoms with Gasteiger partial charge in [0.1, 0.15) is 0 Å². The Morgan fingerprint density at radius 1 is 1.16 bits per heavy atom. The number of Topliss-reactive ketones (excluding diaryl/α,β-unsaturated/α-hetero) is 1. The van der Waals surface area contributed by atoms with Crippen LogP contribution in [0.25, 0.3) is 0 Å². The molecule has 19 heavy (non-hydrogen) atoms. The van der Waals surface area contributed by atoms with Gasteiger partial charge in [-0.3, -0.25) is 9.69 Å². The van der Waals surface area contributed by atoms with Crippen LogP contribution < -0.4 is 0 Å². The van der Waals surface area contributed by atoms with Gasteiger partial charge >= 0.3 is 0 Å². The fourth-order valence-corrected chi connectivity index (χ4v) is 1.82. The molecule has 0 spiro atoms. The molecule has 0 N–H and O–H groups in total. The molecule has 1 aromatic rings. The van der Waals surface area contributed by atoms with Crippen LogP contribution in [0.3, 0.4) is 0 Å². The Kier molecular flexibility index (Phi) is 7.33. The molecule has 0 aliphatic heterocycles. The second kappa shape index (κ2) is 8.80. The standard InChI is InChI=1S/C15H23NO3/c1-13-5-4-6-14(11-13)15(17)12-16(7-9-18-2)8-10-19-3/h4-6,11H,7-10,12H2,1-3H3. The minimum Gasteiger partial charge on any atom is -0.383 e. The third kappa shape index (κ3) is 5.96. The van der Waals surface area contributed by atoms with Crippen molar-refractivity contribution in [1.82, 2.24) is 4.90 Å². The van der Waals surface area contributed by atoms with Gasteiger partial charge in [0.15, 0.2) is 5.78 Å². The number of rotatable bonds is 9. The molecule has 0 aliphatic rings. The van der Waals surface area contributed by atoms with Gasteiger partial charge in [-0.05, 0) is 13.0 Å². The van der Waals surface area contributed by atoms with Gasteiger partial charge in [-0.2, -0.15) is 0 Å². The number of hydrogen-bond donors (Lipinski definition) is 0. The number of ether oxygens (including phenoxy) is 2. The Morgan fingerprint density at radius 2 is 1.79 bits per heavy atom. The Morgan fingerprint density at radius 3 is 2.32 bits per heavy atom. The molecule has 0 fully saturated rings. The summed E-state index contributed by atoms with van der Waals surface area (Å²) in [4.78, 5) is 14.3. The van der Waals surface area contributed by atoms with Crippen LogP contribution in [0.1, 0.15) is 15.9 Å². The molecule has 0 unspecified atom stereocenters. The first-order valence-electron chi connectivity index (χ1n) is 6.47. The van der Waals surface area contributed by atoms with Crippen molar-refractivity contribution in [2.75, 3.05) is 47.1 Å². The number of carbonyl (C=O) groups excluding carboxylic acids is 1.